The zero-order valence-corrected chi connectivity index (χ0v) is 8.39. The van der Waals surface area contributed by atoms with E-state index in [4.69, 9.17) is 5.11 Å². The third-order valence-corrected chi connectivity index (χ3v) is 1.97. The van der Waals surface area contributed by atoms with Crippen LogP contribution in [0.3, 0.4) is 0 Å². The van der Waals surface area contributed by atoms with Crippen LogP contribution in [0.15, 0.2) is 55.3 Å². The Labute approximate surface area is 89.0 Å². The molecule has 0 fully saturated rings. The van der Waals surface area contributed by atoms with Crippen LogP contribution in [0.25, 0.3) is 0 Å². The second kappa shape index (κ2) is 5.00. The van der Waals surface area contributed by atoms with Crippen LogP contribution in [0.4, 0.5) is 5.69 Å². The lowest BCUT2D eigenvalue weighted by Crippen LogP contribution is -2.21. The predicted octanol–water partition coefficient (Wildman–Crippen LogP) is 2.28. The van der Waals surface area contributed by atoms with Crippen molar-refractivity contribution in [2.24, 2.45) is 0 Å². The molecule has 1 N–H and O–H groups in total. The first-order valence-electron chi connectivity index (χ1n) is 4.50. The van der Waals surface area contributed by atoms with Gasteiger partial charge < -0.3 is 10.0 Å². The SMILES string of the molecule is C=CN(CC(=C)C(=O)O)c1ccccc1. The van der Waals surface area contributed by atoms with Crippen molar-refractivity contribution in [3.8, 4) is 0 Å². The Morgan fingerprint density at radius 2 is 2.00 bits per heavy atom. The standard InChI is InChI=1S/C12H13NO2/c1-3-13(9-10(2)12(14)15)11-7-5-4-6-8-11/h3-8H,1-2,9H2,(H,14,15). The number of aliphatic carboxylic acids is 1. The van der Waals surface area contributed by atoms with E-state index in [1.807, 2.05) is 30.3 Å². The first-order chi connectivity index (χ1) is 7.15. The van der Waals surface area contributed by atoms with E-state index in [0.717, 1.165) is 5.69 Å². The average molecular weight is 203 g/mol. The molecule has 0 saturated heterocycles. The van der Waals surface area contributed by atoms with E-state index in [1.54, 1.807) is 11.1 Å². The Balaban J connectivity index is 2.78. The van der Waals surface area contributed by atoms with Gasteiger partial charge in [-0.15, -0.1) is 0 Å². The van der Waals surface area contributed by atoms with E-state index in [0.29, 0.717) is 0 Å². The molecule has 0 spiro atoms. The number of rotatable bonds is 5. The average Bonchev–Trinajstić information content (AvgIpc) is 2.26. The van der Waals surface area contributed by atoms with Gasteiger partial charge in [-0.3, -0.25) is 0 Å². The summed E-state index contributed by atoms with van der Waals surface area (Å²) in [5.74, 6) is -0.988. The number of carboxylic acids is 1. The first kappa shape index (κ1) is 11.0. The molecule has 3 nitrogen and oxygen atoms in total. The summed E-state index contributed by atoms with van der Waals surface area (Å²) in [5, 5.41) is 8.71. The normalized spacial score (nSPS) is 9.33. The molecule has 0 aliphatic rings. The summed E-state index contributed by atoms with van der Waals surface area (Å²) in [7, 11) is 0. The summed E-state index contributed by atoms with van der Waals surface area (Å²) in [5.41, 5.74) is 1.04. The molecule has 3 heteroatoms. The molecule has 1 aromatic carbocycles. The number of nitrogens with zero attached hydrogens (tertiary/aromatic N) is 1. The molecule has 0 aliphatic carbocycles. The summed E-state index contributed by atoms with van der Waals surface area (Å²) in [6, 6.07) is 9.44. The van der Waals surface area contributed by atoms with Gasteiger partial charge in [-0.25, -0.2) is 4.79 Å². The van der Waals surface area contributed by atoms with E-state index < -0.39 is 5.97 Å². The van der Waals surface area contributed by atoms with Crippen molar-refractivity contribution >= 4 is 11.7 Å². The van der Waals surface area contributed by atoms with Crippen molar-refractivity contribution in [1.82, 2.24) is 0 Å². The van der Waals surface area contributed by atoms with Gasteiger partial charge in [-0.05, 0) is 18.3 Å². The van der Waals surface area contributed by atoms with Gasteiger partial charge in [0, 0.05) is 11.3 Å². The minimum Gasteiger partial charge on any atom is -0.478 e. The van der Waals surface area contributed by atoms with Crippen molar-refractivity contribution in [3.63, 3.8) is 0 Å². The second-order valence-electron chi connectivity index (χ2n) is 3.05. The zero-order chi connectivity index (χ0) is 11.3. The zero-order valence-electron chi connectivity index (χ0n) is 8.39. The molecule has 0 aromatic heterocycles. The Morgan fingerprint density at radius 1 is 1.40 bits per heavy atom. The summed E-state index contributed by atoms with van der Waals surface area (Å²) >= 11 is 0. The molecule has 15 heavy (non-hydrogen) atoms. The molecule has 0 amide bonds. The molecule has 0 bridgehead atoms. The molecular weight excluding hydrogens is 190 g/mol. The quantitative estimate of drug-likeness (QED) is 0.746. The second-order valence-corrected chi connectivity index (χ2v) is 3.05. The van der Waals surface area contributed by atoms with E-state index in [2.05, 4.69) is 13.2 Å². The lowest BCUT2D eigenvalue weighted by atomic mass is 10.2. The Hall–Kier alpha value is -2.03. The van der Waals surface area contributed by atoms with E-state index in [-0.39, 0.29) is 12.1 Å². The van der Waals surface area contributed by atoms with Gasteiger partial charge in [0.25, 0.3) is 0 Å². The number of carboxylic acid groups (broad SMARTS) is 1. The van der Waals surface area contributed by atoms with Crippen molar-refractivity contribution in [2.75, 3.05) is 11.4 Å². The Kier molecular flexibility index (Phi) is 3.68. The highest BCUT2D eigenvalue weighted by molar-refractivity contribution is 5.87. The van der Waals surface area contributed by atoms with E-state index in [1.165, 1.54) is 0 Å². The number of hydrogen-bond acceptors (Lipinski definition) is 2. The lowest BCUT2D eigenvalue weighted by molar-refractivity contribution is -0.132. The topological polar surface area (TPSA) is 40.5 Å². The van der Waals surface area contributed by atoms with Crippen LogP contribution in [0, 0.1) is 0 Å². The molecular formula is C12H13NO2. The maximum Gasteiger partial charge on any atom is 0.332 e. The number of hydrogen-bond donors (Lipinski definition) is 1. The van der Waals surface area contributed by atoms with Gasteiger partial charge in [0.1, 0.15) is 0 Å². The van der Waals surface area contributed by atoms with Crippen LogP contribution in [-0.2, 0) is 4.79 Å². The number of carbonyl (C=O) groups is 1. The van der Waals surface area contributed by atoms with Crippen molar-refractivity contribution in [2.45, 2.75) is 0 Å². The smallest absolute Gasteiger partial charge is 0.332 e. The van der Waals surface area contributed by atoms with Crippen LogP contribution in [0.2, 0.25) is 0 Å². The van der Waals surface area contributed by atoms with Crippen molar-refractivity contribution in [3.05, 3.63) is 55.3 Å². The highest BCUT2D eigenvalue weighted by Crippen LogP contribution is 2.14. The highest BCUT2D eigenvalue weighted by atomic mass is 16.4. The van der Waals surface area contributed by atoms with Crippen LogP contribution in [0.5, 0.6) is 0 Å². The van der Waals surface area contributed by atoms with Gasteiger partial charge >= 0.3 is 5.97 Å². The van der Waals surface area contributed by atoms with Crippen molar-refractivity contribution < 1.29 is 9.90 Å². The third kappa shape index (κ3) is 2.98. The molecule has 0 saturated carbocycles. The van der Waals surface area contributed by atoms with E-state index in [9.17, 15) is 4.79 Å². The molecule has 78 valence electrons. The van der Waals surface area contributed by atoms with Gasteiger partial charge in [-0.1, -0.05) is 31.4 Å². The van der Waals surface area contributed by atoms with Crippen molar-refractivity contribution in [1.29, 1.82) is 0 Å². The van der Waals surface area contributed by atoms with Crippen LogP contribution >= 0.6 is 0 Å². The fraction of sp³-hybridized carbons (Fsp3) is 0.0833. The summed E-state index contributed by atoms with van der Waals surface area (Å²) in [6.45, 7) is 7.36. The maximum atomic E-state index is 10.6. The Morgan fingerprint density at radius 3 is 2.47 bits per heavy atom. The first-order valence-corrected chi connectivity index (χ1v) is 4.50. The fourth-order valence-corrected chi connectivity index (χ4v) is 1.15. The number of anilines is 1. The Bertz CT molecular complexity index is 370. The minimum atomic E-state index is -0.988. The number of para-hydroxylation sites is 1. The highest BCUT2D eigenvalue weighted by Gasteiger charge is 2.08. The van der Waals surface area contributed by atoms with E-state index >= 15 is 0 Å². The molecule has 0 atom stereocenters. The van der Waals surface area contributed by atoms with Crippen LogP contribution < -0.4 is 4.90 Å². The van der Waals surface area contributed by atoms with Gasteiger partial charge in [-0.2, -0.15) is 0 Å². The molecule has 0 aliphatic heterocycles. The molecule has 0 radical (unpaired) electrons. The third-order valence-electron chi connectivity index (χ3n) is 1.97. The summed E-state index contributed by atoms with van der Waals surface area (Å²) in [4.78, 5) is 12.4. The van der Waals surface area contributed by atoms with Gasteiger partial charge in [0.05, 0.1) is 6.54 Å². The molecule has 0 unspecified atom stereocenters. The largest absolute Gasteiger partial charge is 0.478 e. The minimum absolute atomic E-state index is 0.138. The fourth-order valence-electron chi connectivity index (χ4n) is 1.15. The predicted molar refractivity (Wildman–Crippen MR) is 60.8 cm³/mol. The maximum absolute atomic E-state index is 10.6. The molecule has 0 heterocycles. The van der Waals surface area contributed by atoms with Crippen LogP contribution in [0.1, 0.15) is 0 Å². The molecule has 1 aromatic rings. The number of benzene rings is 1. The van der Waals surface area contributed by atoms with Gasteiger partial charge in [0.2, 0.25) is 0 Å². The summed E-state index contributed by atoms with van der Waals surface area (Å²) in [6.07, 6.45) is 1.59. The molecule has 1 rings (SSSR count). The summed E-state index contributed by atoms with van der Waals surface area (Å²) < 4.78 is 0. The lowest BCUT2D eigenvalue weighted by Gasteiger charge is -2.19. The monoisotopic (exact) mass is 203 g/mol. The van der Waals surface area contributed by atoms with Crippen LogP contribution in [-0.4, -0.2) is 17.6 Å². The van der Waals surface area contributed by atoms with Gasteiger partial charge in [0.15, 0.2) is 0 Å².